The third kappa shape index (κ3) is 3.36. The molecule has 0 saturated carbocycles. The van der Waals surface area contributed by atoms with Crippen LogP contribution in [-0.4, -0.2) is 17.0 Å². The number of pyridine rings is 1. The Morgan fingerprint density at radius 3 is 2.70 bits per heavy atom. The van der Waals surface area contributed by atoms with Crippen LogP contribution in [0.3, 0.4) is 0 Å². The predicted molar refractivity (Wildman–Crippen MR) is 76.2 cm³/mol. The van der Waals surface area contributed by atoms with E-state index in [1.807, 2.05) is 24.3 Å². The minimum absolute atomic E-state index is 0.147. The second kappa shape index (κ2) is 6.21. The summed E-state index contributed by atoms with van der Waals surface area (Å²) in [7, 11) is 1.59. The molecule has 2 aromatic rings. The number of ether oxygens (including phenoxy) is 1. The molecule has 1 N–H and O–H groups in total. The van der Waals surface area contributed by atoms with Crippen LogP contribution >= 0.6 is 11.6 Å². The van der Waals surface area contributed by atoms with Crippen molar-refractivity contribution >= 4 is 23.1 Å². The smallest absolute Gasteiger partial charge is 0.312 e. The molecule has 0 radical (unpaired) electrons. The van der Waals surface area contributed by atoms with Gasteiger partial charge in [-0.05, 0) is 17.7 Å². The maximum absolute atomic E-state index is 10.9. The van der Waals surface area contributed by atoms with Gasteiger partial charge in [0.05, 0.1) is 17.1 Å². The molecule has 1 aromatic carbocycles. The quantitative estimate of drug-likeness (QED) is 0.676. The minimum atomic E-state index is -0.519. The van der Waals surface area contributed by atoms with Gasteiger partial charge < -0.3 is 10.1 Å². The molecule has 0 fully saturated rings. The van der Waals surface area contributed by atoms with Crippen LogP contribution in [0.1, 0.15) is 5.56 Å². The van der Waals surface area contributed by atoms with E-state index in [-0.39, 0.29) is 16.5 Å². The standard InChI is InChI=1S/C13H12ClN3O3/c1-20-11-4-2-9(3-5-11)7-15-13-12(17(18)19)6-10(14)8-16-13/h2-6,8H,7H2,1H3,(H,15,16). The topological polar surface area (TPSA) is 77.3 Å². The molecule has 0 aliphatic carbocycles. The first-order valence-corrected chi connectivity index (χ1v) is 6.14. The number of methoxy groups -OCH3 is 1. The Morgan fingerprint density at radius 2 is 2.10 bits per heavy atom. The summed E-state index contributed by atoms with van der Waals surface area (Å²) in [5.41, 5.74) is 0.808. The number of hydrogen-bond acceptors (Lipinski definition) is 5. The van der Waals surface area contributed by atoms with E-state index in [2.05, 4.69) is 10.3 Å². The normalized spacial score (nSPS) is 10.1. The highest BCUT2D eigenvalue weighted by Crippen LogP contribution is 2.25. The van der Waals surface area contributed by atoms with Crippen LogP contribution in [0.25, 0.3) is 0 Å². The molecule has 0 atom stereocenters. The zero-order valence-electron chi connectivity index (χ0n) is 10.7. The molecule has 1 heterocycles. The van der Waals surface area contributed by atoms with Crippen molar-refractivity contribution in [1.82, 2.24) is 4.98 Å². The molecule has 104 valence electrons. The molecule has 1 aromatic heterocycles. The Bertz CT molecular complexity index is 617. The molecule has 2 rings (SSSR count). The van der Waals surface area contributed by atoms with Crippen LogP contribution in [-0.2, 0) is 6.54 Å². The molecule has 20 heavy (non-hydrogen) atoms. The second-order valence-electron chi connectivity index (χ2n) is 3.98. The lowest BCUT2D eigenvalue weighted by Crippen LogP contribution is -2.04. The fraction of sp³-hybridized carbons (Fsp3) is 0.154. The number of hydrogen-bond donors (Lipinski definition) is 1. The lowest BCUT2D eigenvalue weighted by Gasteiger charge is -2.07. The number of nitrogens with zero attached hydrogens (tertiary/aromatic N) is 2. The van der Waals surface area contributed by atoms with E-state index < -0.39 is 4.92 Å². The van der Waals surface area contributed by atoms with Crippen LogP contribution in [0.2, 0.25) is 5.02 Å². The summed E-state index contributed by atoms with van der Waals surface area (Å²) >= 11 is 5.70. The Hall–Kier alpha value is -2.34. The minimum Gasteiger partial charge on any atom is -0.497 e. The van der Waals surface area contributed by atoms with Gasteiger partial charge in [-0.3, -0.25) is 10.1 Å². The molecule has 0 aliphatic rings. The van der Waals surface area contributed by atoms with E-state index >= 15 is 0 Å². The van der Waals surface area contributed by atoms with Gasteiger partial charge >= 0.3 is 5.69 Å². The number of benzene rings is 1. The number of nitrogens with one attached hydrogen (secondary N) is 1. The van der Waals surface area contributed by atoms with Crippen LogP contribution in [0.4, 0.5) is 11.5 Å². The number of anilines is 1. The fourth-order valence-electron chi connectivity index (χ4n) is 1.63. The third-order valence-corrected chi connectivity index (χ3v) is 2.86. The predicted octanol–water partition coefficient (Wildman–Crippen LogP) is 3.26. The van der Waals surface area contributed by atoms with Gasteiger partial charge in [0.2, 0.25) is 5.82 Å². The first kappa shape index (κ1) is 14.1. The number of halogens is 1. The third-order valence-electron chi connectivity index (χ3n) is 2.65. The summed E-state index contributed by atoms with van der Waals surface area (Å²) in [6, 6.07) is 8.65. The van der Waals surface area contributed by atoms with Crippen LogP contribution in [0.5, 0.6) is 5.75 Å². The van der Waals surface area contributed by atoms with Gasteiger partial charge in [0.1, 0.15) is 5.75 Å². The Labute approximate surface area is 120 Å². The maximum Gasteiger partial charge on any atom is 0.312 e. The van der Waals surface area contributed by atoms with Crippen molar-refractivity contribution in [2.24, 2.45) is 0 Å². The van der Waals surface area contributed by atoms with Crippen molar-refractivity contribution in [2.75, 3.05) is 12.4 Å². The van der Waals surface area contributed by atoms with Crippen molar-refractivity contribution in [2.45, 2.75) is 6.54 Å². The first-order chi connectivity index (χ1) is 9.60. The van der Waals surface area contributed by atoms with Gasteiger partial charge in [-0.2, -0.15) is 0 Å². The molecule has 0 unspecified atom stereocenters. The lowest BCUT2D eigenvalue weighted by molar-refractivity contribution is -0.384. The van der Waals surface area contributed by atoms with E-state index in [1.54, 1.807) is 7.11 Å². The zero-order chi connectivity index (χ0) is 14.5. The summed E-state index contributed by atoms with van der Waals surface area (Å²) in [5, 5.41) is 14.1. The van der Waals surface area contributed by atoms with Crippen molar-refractivity contribution in [3.63, 3.8) is 0 Å². The highest BCUT2D eigenvalue weighted by atomic mass is 35.5. The average molecular weight is 294 g/mol. The first-order valence-electron chi connectivity index (χ1n) is 5.77. The van der Waals surface area contributed by atoms with Gasteiger partial charge in [0.25, 0.3) is 0 Å². The highest BCUT2D eigenvalue weighted by Gasteiger charge is 2.15. The second-order valence-corrected chi connectivity index (χ2v) is 4.42. The van der Waals surface area contributed by atoms with Crippen molar-refractivity contribution < 1.29 is 9.66 Å². The summed E-state index contributed by atoms with van der Waals surface area (Å²) in [5.74, 6) is 0.944. The zero-order valence-corrected chi connectivity index (χ0v) is 11.4. The van der Waals surface area contributed by atoms with E-state index in [0.717, 1.165) is 11.3 Å². The number of rotatable bonds is 5. The maximum atomic E-state index is 10.9. The van der Waals surface area contributed by atoms with Crippen molar-refractivity contribution in [1.29, 1.82) is 0 Å². The largest absolute Gasteiger partial charge is 0.497 e. The monoisotopic (exact) mass is 293 g/mol. The lowest BCUT2D eigenvalue weighted by atomic mass is 10.2. The molecule has 0 saturated heterocycles. The van der Waals surface area contributed by atoms with E-state index in [9.17, 15) is 10.1 Å². The van der Waals surface area contributed by atoms with Gasteiger partial charge in [-0.15, -0.1) is 0 Å². The van der Waals surface area contributed by atoms with Gasteiger partial charge in [-0.1, -0.05) is 23.7 Å². The van der Waals surface area contributed by atoms with E-state index in [0.29, 0.717) is 6.54 Å². The van der Waals surface area contributed by atoms with Crippen LogP contribution in [0, 0.1) is 10.1 Å². The molecule has 0 bridgehead atoms. The summed E-state index contributed by atoms with van der Waals surface area (Å²) in [6.07, 6.45) is 1.37. The van der Waals surface area contributed by atoms with Gasteiger partial charge in [-0.25, -0.2) is 4.98 Å². The average Bonchev–Trinajstić information content (AvgIpc) is 2.46. The Balaban J connectivity index is 2.12. The summed E-state index contributed by atoms with van der Waals surface area (Å²) < 4.78 is 5.06. The van der Waals surface area contributed by atoms with Crippen LogP contribution < -0.4 is 10.1 Å². The molecule has 6 nitrogen and oxygen atoms in total. The molecule has 0 spiro atoms. The van der Waals surface area contributed by atoms with E-state index in [1.165, 1.54) is 12.3 Å². The molecule has 0 aliphatic heterocycles. The van der Waals surface area contributed by atoms with Gasteiger partial charge in [0, 0.05) is 18.8 Å². The number of nitro groups is 1. The number of aromatic nitrogens is 1. The van der Waals surface area contributed by atoms with Crippen LogP contribution in [0.15, 0.2) is 36.5 Å². The highest BCUT2D eigenvalue weighted by molar-refractivity contribution is 6.30. The summed E-state index contributed by atoms with van der Waals surface area (Å²) in [6.45, 7) is 0.416. The molecule has 0 amide bonds. The van der Waals surface area contributed by atoms with Crippen molar-refractivity contribution in [3.8, 4) is 5.75 Å². The molecular weight excluding hydrogens is 282 g/mol. The molecule has 7 heteroatoms. The van der Waals surface area contributed by atoms with E-state index in [4.69, 9.17) is 16.3 Å². The summed E-state index contributed by atoms with van der Waals surface area (Å²) in [4.78, 5) is 14.3. The Kier molecular flexibility index (Phi) is 4.37. The Morgan fingerprint density at radius 1 is 1.40 bits per heavy atom. The fourth-order valence-corrected chi connectivity index (χ4v) is 1.79. The van der Waals surface area contributed by atoms with Crippen molar-refractivity contribution in [3.05, 3.63) is 57.2 Å². The van der Waals surface area contributed by atoms with Gasteiger partial charge in [0.15, 0.2) is 0 Å². The molecular formula is C13H12ClN3O3. The SMILES string of the molecule is COc1ccc(CNc2ncc(Cl)cc2[N+](=O)[O-])cc1.